The summed E-state index contributed by atoms with van der Waals surface area (Å²) >= 11 is 8.66. The fourth-order valence-corrected chi connectivity index (χ4v) is 9.75. The van der Waals surface area contributed by atoms with Gasteiger partial charge < -0.3 is 0 Å². The molecule has 0 saturated carbocycles. The van der Waals surface area contributed by atoms with E-state index in [2.05, 4.69) is 55.2 Å². The van der Waals surface area contributed by atoms with Crippen molar-refractivity contribution in [3.8, 4) is 57.2 Å². The van der Waals surface area contributed by atoms with Crippen LogP contribution in [0.3, 0.4) is 0 Å². The van der Waals surface area contributed by atoms with E-state index < -0.39 is 0 Å². The number of nitriles is 3. The minimum atomic E-state index is 0.112. The summed E-state index contributed by atoms with van der Waals surface area (Å²) in [4.78, 5) is 15.7. The maximum atomic E-state index is 9.29. The molecule has 0 unspecified atom stereocenters. The summed E-state index contributed by atoms with van der Waals surface area (Å²) in [6.07, 6.45) is 5.08. The first-order valence-electron chi connectivity index (χ1n) is 12.0. The molecule has 194 valence electrons. The SMILES string of the molecule is CN=C/C(C#N)=C/c1ccc(-c2ccc(-c3sc(-c4ccc(-c5ccc(C=C(C#N)C#N)s5)s4)c(C)c3C)s2)s1. The summed E-state index contributed by atoms with van der Waals surface area (Å²) in [5.41, 5.74) is 3.26. The average Bonchev–Trinajstić information content (AvgIpc) is 3.79. The molecule has 0 bridgehead atoms. The Labute approximate surface area is 253 Å². The van der Waals surface area contributed by atoms with Crippen LogP contribution in [0.2, 0.25) is 0 Å². The normalized spacial score (nSPS) is 11.3. The molecule has 0 radical (unpaired) electrons. The summed E-state index contributed by atoms with van der Waals surface area (Å²) in [6.45, 7) is 4.40. The molecule has 5 aromatic heterocycles. The van der Waals surface area contributed by atoms with Gasteiger partial charge in [-0.25, -0.2) is 0 Å². The molecule has 5 aromatic rings. The Hall–Kier alpha value is -3.88. The Morgan fingerprint density at radius 3 is 1.52 bits per heavy atom. The Kier molecular flexibility index (Phi) is 8.38. The van der Waals surface area contributed by atoms with E-state index >= 15 is 0 Å². The molecule has 0 aliphatic carbocycles. The van der Waals surface area contributed by atoms with Gasteiger partial charge in [-0.05, 0) is 85.7 Å². The molecule has 0 aliphatic heterocycles. The molecule has 0 aliphatic rings. The Morgan fingerprint density at radius 1 is 0.600 bits per heavy atom. The van der Waals surface area contributed by atoms with Gasteiger partial charge >= 0.3 is 0 Å². The number of rotatable bonds is 7. The number of aliphatic imine (C=N–C) groups is 1. The molecule has 0 amide bonds. The fourth-order valence-electron chi connectivity index (χ4n) is 4.00. The third-order valence-electron chi connectivity index (χ3n) is 6.07. The number of thiophene rings is 5. The van der Waals surface area contributed by atoms with Crippen molar-refractivity contribution in [3.63, 3.8) is 0 Å². The minimum Gasteiger partial charge on any atom is -0.295 e. The first kappa shape index (κ1) is 27.7. The molecule has 0 fully saturated rings. The molecule has 40 heavy (non-hydrogen) atoms. The molecule has 0 spiro atoms. The lowest BCUT2D eigenvalue weighted by Crippen LogP contribution is -1.78. The smallest absolute Gasteiger partial charge is 0.131 e. The molecule has 0 aromatic carbocycles. The lowest BCUT2D eigenvalue weighted by Gasteiger charge is -1.96. The van der Waals surface area contributed by atoms with Crippen LogP contribution in [0.25, 0.3) is 51.2 Å². The summed E-state index contributed by atoms with van der Waals surface area (Å²) in [5, 5.41) is 27.4. The maximum Gasteiger partial charge on any atom is 0.131 e. The van der Waals surface area contributed by atoms with E-state index in [9.17, 15) is 5.26 Å². The second-order valence-electron chi connectivity index (χ2n) is 8.62. The third kappa shape index (κ3) is 5.69. The van der Waals surface area contributed by atoms with Gasteiger partial charge in [-0.15, -0.1) is 56.7 Å². The number of allylic oxidation sites excluding steroid dienone is 2. The van der Waals surface area contributed by atoms with Crippen molar-refractivity contribution < 1.29 is 0 Å². The molecule has 0 atom stereocenters. The highest BCUT2D eigenvalue weighted by atomic mass is 32.1. The van der Waals surface area contributed by atoms with Gasteiger partial charge in [-0.2, -0.15) is 15.8 Å². The Bertz CT molecular complexity index is 1910. The molecule has 5 heterocycles. The molecule has 5 rings (SSSR count). The lowest BCUT2D eigenvalue weighted by molar-refractivity contribution is 1.41. The van der Waals surface area contributed by atoms with E-state index in [4.69, 9.17) is 10.5 Å². The van der Waals surface area contributed by atoms with Crippen LogP contribution >= 0.6 is 56.7 Å². The van der Waals surface area contributed by atoms with Crippen molar-refractivity contribution in [1.29, 1.82) is 15.8 Å². The van der Waals surface area contributed by atoms with Crippen molar-refractivity contribution in [2.45, 2.75) is 13.8 Å². The van der Waals surface area contributed by atoms with E-state index in [0.717, 1.165) is 14.6 Å². The van der Waals surface area contributed by atoms with Gasteiger partial charge in [0.2, 0.25) is 0 Å². The van der Waals surface area contributed by atoms with Crippen LogP contribution in [0.1, 0.15) is 20.9 Å². The third-order valence-corrected chi connectivity index (χ3v) is 12.4. The van der Waals surface area contributed by atoms with Crippen molar-refractivity contribution in [2.75, 3.05) is 7.05 Å². The van der Waals surface area contributed by atoms with Gasteiger partial charge in [0, 0.05) is 62.0 Å². The number of nitrogens with zero attached hydrogens (tertiary/aromatic N) is 4. The molecular formula is C31H20N4S5. The summed E-state index contributed by atoms with van der Waals surface area (Å²) in [5.74, 6) is 0. The summed E-state index contributed by atoms with van der Waals surface area (Å²) in [6, 6.07) is 22.9. The van der Waals surface area contributed by atoms with E-state index in [0.29, 0.717) is 5.57 Å². The van der Waals surface area contributed by atoms with E-state index in [1.165, 1.54) is 45.3 Å². The number of hydrogen-bond acceptors (Lipinski definition) is 9. The molecule has 0 N–H and O–H groups in total. The van der Waals surface area contributed by atoms with Gasteiger partial charge in [-0.1, -0.05) is 0 Å². The highest BCUT2D eigenvalue weighted by Gasteiger charge is 2.18. The lowest BCUT2D eigenvalue weighted by atomic mass is 10.1. The van der Waals surface area contributed by atoms with Crippen molar-refractivity contribution in [3.05, 3.63) is 80.6 Å². The molecular weight excluding hydrogens is 589 g/mol. The van der Waals surface area contributed by atoms with Gasteiger partial charge in [0.25, 0.3) is 0 Å². The Morgan fingerprint density at radius 2 is 1.05 bits per heavy atom. The molecule has 0 saturated heterocycles. The van der Waals surface area contributed by atoms with E-state index in [-0.39, 0.29) is 5.57 Å². The van der Waals surface area contributed by atoms with Crippen molar-refractivity contribution in [2.24, 2.45) is 4.99 Å². The second-order valence-corrected chi connectivity index (χ2v) is 14.0. The monoisotopic (exact) mass is 608 g/mol. The first-order valence-corrected chi connectivity index (χ1v) is 16.1. The van der Waals surface area contributed by atoms with E-state index in [1.54, 1.807) is 64.7 Å². The van der Waals surface area contributed by atoms with Crippen molar-refractivity contribution >= 4 is 75.1 Å². The van der Waals surface area contributed by atoms with Crippen LogP contribution in [-0.4, -0.2) is 13.3 Å². The highest BCUT2D eigenvalue weighted by Crippen LogP contribution is 2.48. The quantitative estimate of drug-likeness (QED) is 0.136. The van der Waals surface area contributed by atoms with Crippen LogP contribution in [0.15, 0.2) is 64.7 Å². The summed E-state index contributed by atoms with van der Waals surface area (Å²) < 4.78 is 0. The van der Waals surface area contributed by atoms with Crippen LogP contribution in [0.5, 0.6) is 0 Å². The standard InChI is InChI=1S/C31H20N4S5/c1-18-19(2)31(29-11-9-27(39-29)25-7-5-23(37-25)13-21(16-34)17-35-3)40-30(18)28-10-8-26(38-28)24-6-4-22(36-24)12-20(14-32)15-33/h4-13,17H,1-3H3/b21-13+,35-17?. The van der Waals surface area contributed by atoms with Gasteiger partial charge in [0.15, 0.2) is 0 Å². The van der Waals surface area contributed by atoms with E-state index in [1.807, 2.05) is 47.8 Å². The first-order chi connectivity index (χ1) is 19.4. The number of hydrogen-bond donors (Lipinski definition) is 0. The zero-order valence-electron chi connectivity index (χ0n) is 21.7. The predicted octanol–water partition coefficient (Wildman–Crippen LogP) is 10.3. The van der Waals surface area contributed by atoms with Gasteiger partial charge in [-0.3, -0.25) is 4.99 Å². The average molecular weight is 609 g/mol. The molecule has 4 nitrogen and oxygen atoms in total. The zero-order chi connectivity index (χ0) is 28.2. The van der Waals surface area contributed by atoms with Crippen LogP contribution in [0, 0.1) is 47.8 Å². The summed E-state index contributed by atoms with van der Waals surface area (Å²) in [7, 11) is 1.67. The Balaban J connectivity index is 1.40. The highest BCUT2D eigenvalue weighted by molar-refractivity contribution is 7.30. The zero-order valence-corrected chi connectivity index (χ0v) is 25.8. The van der Waals surface area contributed by atoms with Gasteiger partial charge in [0.1, 0.15) is 23.8 Å². The molecule has 9 heteroatoms. The fraction of sp³-hybridized carbons (Fsp3) is 0.0968. The van der Waals surface area contributed by atoms with Crippen LogP contribution in [-0.2, 0) is 0 Å². The maximum absolute atomic E-state index is 9.29. The largest absolute Gasteiger partial charge is 0.295 e. The van der Waals surface area contributed by atoms with Gasteiger partial charge in [0.05, 0.1) is 5.57 Å². The second kappa shape index (κ2) is 12.1. The van der Waals surface area contributed by atoms with Crippen LogP contribution < -0.4 is 0 Å². The predicted molar refractivity (Wildman–Crippen MR) is 174 cm³/mol. The van der Waals surface area contributed by atoms with Crippen molar-refractivity contribution in [1.82, 2.24) is 0 Å². The minimum absolute atomic E-state index is 0.112. The van der Waals surface area contributed by atoms with Crippen LogP contribution in [0.4, 0.5) is 0 Å². The topological polar surface area (TPSA) is 83.7 Å².